The smallest absolute Gasteiger partial charge is 0.311 e. The van der Waals surface area contributed by atoms with E-state index in [0.29, 0.717) is 11.8 Å². The van der Waals surface area contributed by atoms with E-state index >= 15 is 0 Å². The number of rotatable bonds is 5. The molecule has 0 saturated carbocycles. The average molecular weight is 279 g/mol. The second kappa shape index (κ2) is 6.67. The lowest BCUT2D eigenvalue weighted by Crippen LogP contribution is -2.48. The highest BCUT2D eigenvalue weighted by Crippen LogP contribution is 2.28. The number of piperazine rings is 1. The van der Waals surface area contributed by atoms with Crippen LogP contribution in [0.2, 0.25) is 0 Å². The van der Waals surface area contributed by atoms with Crippen molar-refractivity contribution in [2.45, 2.75) is 19.4 Å². The maximum absolute atomic E-state index is 11.0. The van der Waals surface area contributed by atoms with E-state index in [-0.39, 0.29) is 5.69 Å². The quantitative estimate of drug-likeness (QED) is 0.652. The van der Waals surface area contributed by atoms with Crippen LogP contribution in [0.3, 0.4) is 0 Å². The van der Waals surface area contributed by atoms with Crippen molar-refractivity contribution in [2.75, 3.05) is 33.3 Å². The Kier molecular flexibility index (Phi) is 4.92. The molecule has 1 saturated heterocycles. The van der Waals surface area contributed by atoms with Gasteiger partial charge in [-0.2, -0.15) is 0 Å². The number of hydrogen-bond donors (Lipinski definition) is 1. The predicted octanol–water partition coefficient (Wildman–Crippen LogP) is 1.44. The summed E-state index contributed by atoms with van der Waals surface area (Å²) in [5.74, 6) is 0.313. The van der Waals surface area contributed by atoms with Crippen LogP contribution >= 0.6 is 0 Å². The molecule has 6 heteroatoms. The lowest BCUT2D eigenvalue weighted by Gasteiger charge is -2.32. The van der Waals surface area contributed by atoms with Crippen molar-refractivity contribution in [2.24, 2.45) is 0 Å². The van der Waals surface area contributed by atoms with Crippen LogP contribution in [0.1, 0.15) is 12.5 Å². The molecule has 1 N–H and O–H groups in total. The molecule has 0 aromatic heterocycles. The topological polar surface area (TPSA) is 67.6 Å². The summed E-state index contributed by atoms with van der Waals surface area (Å²) in [5.41, 5.74) is 1.01. The third-order valence-electron chi connectivity index (χ3n) is 3.75. The molecule has 110 valence electrons. The molecule has 0 radical (unpaired) electrons. The van der Waals surface area contributed by atoms with E-state index < -0.39 is 4.92 Å². The van der Waals surface area contributed by atoms with Gasteiger partial charge in [0.05, 0.1) is 12.0 Å². The van der Waals surface area contributed by atoms with Crippen LogP contribution in [0.15, 0.2) is 18.2 Å². The van der Waals surface area contributed by atoms with Crippen molar-refractivity contribution in [3.63, 3.8) is 0 Å². The molecule has 0 aliphatic carbocycles. The second-order valence-corrected chi connectivity index (χ2v) is 5.10. The molecule has 1 unspecified atom stereocenters. The molecule has 0 spiro atoms. The summed E-state index contributed by atoms with van der Waals surface area (Å²) in [7, 11) is 1.45. The van der Waals surface area contributed by atoms with E-state index in [2.05, 4.69) is 17.1 Å². The number of methoxy groups -OCH3 is 1. The van der Waals surface area contributed by atoms with Crippen molar-refractivity contribution in [3.8, 4) is 5.75 Å². The zero-order chi connectivity index (χ0) is 14.5. The van der Waals surface area contributed by atoms with Gasteiger partial charge in [0.15, 0.2) is 5.75 Å². The molecule has 0 amide bonds. The van der Waals surface area contributed by atoms with Crippen LogP contribution in [-0.4, -0.2) is 49.2 Å². The zero-order valence-corrected chi connectivity index (χ0v) is 12.0. The average Bonchev–Trinajstić information content (AvgIpc) is 2.48. The van der Waals surface area contributed by atoms with Crippen LogP contribution in [0.5, 0.6) is 5.75 Å². The lowest BCUT2D eigenvalue weighted by molar-refractivity contribution is -0.385. The second-order valence-electron chi connectivity index (χ2n) is 5.10. The van der Waals surface area contributed by atoms with Gasteiger partial charge < -0.3 is 10.1 Å². The van der Waals surface area contributed by atoms with E-state index in [1.807, 2.05) is 6.07 Å². The highest BCUT2D eigenvalue weighted by atomic mass is 16.6. The van der Waals surface area contributed by atoms with Crippen molar-refractivity contribution >= 4 is 5.69 Å². The Labute approximate surface area is 118 Å². The SMILES string of the molecule is COc1ccc(CC(C)N2CCNCC2)cc1[N+](=O)[O-]. The van der Waals surface area contributed by atoms with Gasteiger partial charge in [-0.05, 0) is 25.0 Å². The molecular weight excluding hydrogens is 258 g/mol. The summed E-state index contributed by atoms with van der Waals surface area (Å²) in [6, 6.07) is 5.59. The van der Waals surface area contributed by atoms with Crippen LogP contribution in [-0.2, 0) is 6.42 Å². The summed E-state index contributed by atoms with van der Waals surface area (Å²) < 4.78 is 5.02. The minimum Gasteiger partial charge on any atom is -0.490 e. The van der Waals surface area contributed by atoms with E-state index in [1.165, 1.54) is 7.11 Å². The Hall–Kier alpha value is -1.66. The van der Waals surface area contributed by atoms with Gasteiger partial charge in [0, 0.05) is 38.3 Å². The summed E-state index contributed by atoms with van der Waals surface area (Å²) in [6.45, 7) is 6.24. The first kappa shape index (κ1) is 14.7. The summed E-state index contributed by atoms with van der Waals surface area (Å²) in [5, 5.41) is 14.4. The van der Waals surface area contributed by atoms with E-state index in [4.69, 9.17) is 4.74 Å². The first-order valence-corrected chi connectivity index (χ1v) is 6.88. The summed E-state index contributed by atoms with van der Waals surface area (Å²) in [6.07, 6.45) is 0.810. The lowest BCUT2D eigenvalue weighted by atomic mass is 10.0. The first-order valence-electron chi connectivity index (χ1n) is 6.88. The fraction of sp³-hybridized carbons (Fsp3) is 0.571. The van der Waals surface area contributed by atoms with Gasteiger partial charge in [0.2, 0.25) is 0 Å². The minimum absolute atomic E-state index is 0.0394. The molecule has 20 heavy (non-hydrogen) atoms. The number of nitrogens with zero attached hydrogens (tertiary/aromatic N) is 2. The molecule has 1 atom stereocenters. The highest BCUT2D eigenvalue weighted by molar-refractivity contribution is 5.48. The number of ether oxygens (including phenoxy) is 1. The zero-order valence-electron chi connectivity index (χ0n) is 12.0. The maximum atomic E-state index is 11.0. The highest BCUT2D eigenvalue weighted by Gasteiger charge is 2.19. The van der Waals surface area contributed by atoms with Crippen molar-refractivity contribution in [3.05, 3.63) is 33.9 Å². The molecule has 1 fully saturated rings. The fourth-order valence-corrected chi connectivity index (χ4v) is 2.60. The summed E-state index contributed by atoms with van der Waals surface area (Å²) >= 11 is 0. The monoisotopic (exact) mass is 279 g/mol. The maximum Gasteiger partial charge on any atom is 0.311 e. The van der Waals surface area contributed by atoms with Crippen LogP contribution in [0.4, 0.5) is 5.69 Å². The first-order chi connectivity index (χ1) is 9.61. The molecule has 6 nitrogen and oxygen atoms in total. The minimum atomic E-state index is -0.391. The normalized spacial score (nSPS) is 17.7. The number of benzene rings is 1. The Balaban J connectivity index is 2.08. The number of nitro benzene ring substituents is 1. The molecule has 1 aliphatic heterocycles. The molecule has 1 heterocycles. The van der Waals surface area contributed by atoms with E-state index in [9.17, 15) is 10.1 Å². The van der Waals surface area contributed by atoms with Gasteiger partial charge in [0.1, 0.15) is 0 Å². The van der Waals surface area contributed by atoms with Crippen molar-refractivity contribution < 1.29 is 9.66 Å². The Bertz CT molecular complexity index is 473. The van der Waals surface area contributed by atoms with Crippen molar-refractivity contribution in [1.29, 1.82) is 0 Å². The van der Waals surface area contributed by atoms with Gasteiger partial charge in [-0.15, -0.1) is 0 Å². The number of nitro groups is 1. The van der Waals surface area contributed by atoms with Crippen LogP contribution in [0.25, 0.3) is 0 Å². The number of hydrogen-bond acceptors (Lipinski definition) is 5. The Morgan fingerprint density at radius 3 is 2.75 bits per heavy atom. The largest absolute Gasteiger partial charge is 0.490 e. The van der Waals surface area contributed by atoms with Gasteiger partial charge in [-0.25, -0.2) is 0 Å². The van der Waals surface area contributed by atoms with Gasteiger partial charge in [-0.1, -0.05) is 6.07 Å². The van der Waals surface area contributed by atoms with Gasteiger partial charge in [-0.3, -0.25) is 15.0 Å². The molecular formula is C14H21N3O3. The molecule has 2 rings (SSSR count). The fourth-order valence-electron chi connectivity index (χ4n) is 2.60. The summed E-state index contributed by atoms with van der Waals surface area (Å²) in [4.78, 5) is 13.0. The van der Waals surface area contributed by atoms with E-state index in [0.717, 1.165) is 38.2 Å². The third kappa shape index (κ3) is 3.46. The standard InChI is InChI=1S/C14H21N3O3/c1-11(16-7-5-15-6-8-16)9-12-3-4-14(20-2)13(10-12)17(18)19/h3-4,10-11,15H,5-9H2,1-2H3. The molecule has 1 aliphatic rings. The van der Waals surface area contributed by atoms with Crippen LogP contribution in [0, 0.1) is 10.1 Å². The Morgan fingerprint density at radius 2 is 2.15 bits per heavy atom. The van der Waals surface area contributed by atoms with Crippen LogP contribution < -0.4 is 10.1 Å². The number of nitrogens with one attached hydrogen (secondary N) is 1. The van der Waals surface area contributed by atoms with Crippen molar-refractivity contribution in [1.82, 2.24) is 10.2 Å². The predicted molar refractivity (Wildman–Crippen MR) is 77.3 cm³/mol. The Morgan fingerprint density at radius 1 is 1.45 bits per heavy atom. The molecule has 1 aromatic carbocycles. The third-order valence-corrected chi connectivity index (χ3v) is 3.75. The van der Waals surface area contributed by atoms with E-state index in [1.54, 1.807) is 12.1 Å². The van der Waals surface area contributed by atoms with Gasteiger partial charge >= 0.3 is 5.69 Å². The molecule has 0 bridgehead atoms. The van der Waals surface area contributed by atoms with Gasteiger partial charge in [0.25, 0.3) is 0 Å². The molecule has 1 aromatic rings.